The molecule has 0 bridgehead atoms. The van der Waals surface area contributed by atoms with Crippen molar-refractivity contribution in [1.29, 1.82) is 0 Å². The predicted octanol–water partition coefficient (Wildman–Crippen LogP) is 7.21. The van der Waals surface area contributed by atoms with Gasteiger partial charge in [0.25, 0.3) is 0 Å². The van der Waals surface area contributed by atoms with E-state index in [4.69, 9.17) is 11.6 Å². The van der Waals surface area contributed by atoms with Gasteiger partial charge in [0.15, 0.2) is 5.78 Å². The number of carbonyl (C=O) groups excluding carboxylic acids is 2. The molecule has 34 heavy (non-hydrogen) atoms. The van der Waals surface area contributed by atoms with Crippen LogP contribution in [0, 0.1) is 6.92 Å². The molecule has 3 aromatic carbocycles. The second kappa shape index (κ2) is 9.31. The summed E-state index contributed by atoms with van der Waals surface area (Å²) in [4.78, 5) is 25.7. The first-order valence-electron chi connectivity index (χ1n) is 9.43. The number of benzene rings is 3. The lowest BCUT2D eigenvalue weighted by molar-refractivity contribution is -0.141. The van der Waals surface area contributed by atoms with E-state index in [1.54, 1.807) is 0 Å². The van der Waals surface area contributed by atoms with Crippen molar-refractivity contribution in [3.05, 3.63) is 99.1 Å². The molecule has 0 aliphatic heterocycles. The molecule has 1 atom stereocenters. The third-order valence-electron chi connectivity index (χ3n) is 4.87. The molecular weight excluding hydrogens is 505 g/mol. The summed E-state index contributed by atoms with van der Waals surface area (Å²) in [6.07, 6.45) is -10.9. The molecule has 3 aromatic rings. The van der Waals surface area contributed by atoms with E-state index >= 15 is 0 Å². The molecule has 0 fully saturated rings. The molecule has 0 heterocycles. The van der Waals surface area contributed by atoms with Crippen molar-refractivity contribution in [2.24, 2.45) is 0 Å². The fourth-order valence-corrected chi connectivity index (χ4v) is 5.30. The van der Waals surface area contributed by atoms with Gasteiger partial charge in [0.2, 0.25) is 5.30 Å². The fourth-order valence-electron chi connectivity index (χ4n) is 3.36. The number of ketones is 1. The lowest BCUT2D eigenvalue weighted by Gasteiger charge is -2.16. The normalized spacial score (nSPS) is 12.4. The first-order chi connectivity index (χ1) is 15.7. The first kappa shape index (κ1) is 25.6. The van der Waals surface area contributed by atoms with Gasteiger partial charge in [0.05, 0.1) is 10.6 Å². The van der Waals surface area contributed by atoms with Gasteiger partial charge < -0.3 is 0 Å². The number of carbonyl (C=O) groups is 2. The molecule has 0 saturated carbocycles. The largest absolute Gasteiger partial charge is 0.459 e. The minimum absolute atomic E-state index is 0.111. The van der Waals surface area contributed by atoms with Crippen LogP contribution in [-0.4, -0.2) is 11.3 Å². The number of alkyl halides is 6. The van der Waals surface area contributed by atoms with Gasteiger partial charge in [-0.25, -0.2) is 4.79 Å². The maximum atomic E-state index is 14.2. The number of hydrogen-bond donors (Lipinski definition) is 0. The highest BCUT2D eigenvalue weighted by atomic mass is 35.5. The molecule has 0 N–H and O–H groups in total. The topological polar surface area (TPSA) is 51.2 Å². The molecule has 176 valence electrons. The van der Waals surface area contributed by atoms with E-state index in [1.807, 2.05) is 0 Å². The number of halogens is 7. The maximum Gasteiger partial charge on any atom is 0.459 e. The molecule has 11 heteroatoms. The molecule has 0 aliphatic rings. The van der Waals surface area contributed by atoms with Crippen molar-refractivity contribution < 1.29 is 40.5 Å². The summed E-state index contributed by atoms with van der Waals surface area (Å²) in [5, 5.41) is -2.09. The van der Waals surface area contributed by atoms with Gasteiger partial charge in [-0.2, -0.15) is 26.3 Å². The van der Waals surface area contributed by atoms with Crippen molar-refractivity contribution in [3.8, 4) is 0 Å². The summed E-state index contributed by atoms with van der Waals surface area (Å²) in [6, 6.07) is 11.1. The minimum Gasteiger partial charge on any atom is -0.289 e. The summed E-state index contributed by atoms with van der Waals surface area (Å²) in [5.41, 5.74) is -7.26. The van der Waals surface area contributed by atoms with Crippen molar-refractivity contribution >= 4 is 36.0 Å². The Kier molecular flexibility index (Phi) is 7.01. The molecule has 0 amide bonds. The van der Waals surface area contributed by atoms with Crippen LogP contribution in [0.15, 0.2) is 60.7 Å². The SMILES string of the molecule is Cc1cccc(Cl)c1C(=O)[P+](=O)c1c(C(F)(F)F)ccc(C(=O)c2ccccc2)c1C(F)(F)F. The monoisotopic (exact) mass is 517 g/mol. The quantitative estimate of drug-likeness (QED) is 0.204. The number of aryl methyl sites for hydroxylation is 1. The van der Waals surface area contributed by atoms with E-state index in [2.05, 4.69) is 0 Å². The Balaban J connectivity index is 2.37. The lowest BCUT2D eigenvalue weighted by Crippen LogP contribution is -2.30. The second-order valence-corrected chi connectivity index (χ2v) is 8.96. The Morgan fingerprint density at radius 3 is 1.97 bits per heavy atom. The summed E-state index contributed by atoms with van der Waals surface area (Å²) >= 11 is 5.93. The van der Waals surface area contributed by atoms with Gasteiger partial charge in [-0.15, -0.1) is 0 Å². The summed E-state index contributed by atoms with van der Waals surface area (Å²) in [5.74, 6) is -1.24. The lowest BCUT2D eigenvalue weighted by atomic mass is 9.95. The van der Waals surface area contributed by atoms with E-state index < -0.39 is 59.0 Å². The average Bonchev–Trinajstić information content (AvgIpc) is 2.76. The van der Waals surface area contributed by atoms with Gasteiger partial charge in [-0.3, -0.25) is 4.79 Å². The van der Waals surface area contributed by atoms with Crippen LogP contribution in [0.4, 0.5) is 26.3 Å². The van der Waals surface area contributed by atoms with Crippen LogP contribution < -0.4 is 5.30 Å². The molecule has 0 radical (unpaired) electrons. The molecule has 3 nitrogen and oxygen atoms in total. The molecule has 3 rings (SSSR count). The molecule has 0 aromatic heterocycles. The standard InChI is InChI=1S/C23H13ClF6O3P/c1-12-6-5-9-16(24)17(12)21(32)34(33)20-15(22(25,26)27)11-10-14(18(20)23(28,29)30)19(31)13-7-3-2-4-8-13/h2-11H,1H3/q+1. The second-order valence-electron chi connectivity index (χ2n) is 7.11. The first-order valence-corrected chi connectivity index (χ1v) is 11.1. The van der Waals surface area contributed by atoms with Crippen LogP contribution in [0.2, 0.25) is 5.02 Å². The Labute approximate surface area is 195 Å². The smallest absolute Gasteiger partial charge is 0.289 e. The van der Waals surface area contributed by atoms with Gasteiger partial charge >= 0.3 is 25.7 Å². The van der Waals surface area contributed by atoms with Crippen molar-refractivity contribution in [2.75, 3.05) is 0 Å². The highest BCUT2D eigenvalue weighted by Crippen LogP contribution is 2.44. The molecule has 0 aliphatic carbocycles. The maximum absolute atomic E-state index is 14.2. The van der Waals surface area contributed by atoms with Crippen molar-refractivity contribution in [1.82, 2.24) is 0 Å². The Bertz CT molecular complexity index is 1280. The van der Waals surface area contributed by atoms with Crippen molar-refractivity contribution in [2.45, 2.75) is 19.3 Å². The van der Waals surface area contributed by atoms with Crippen LogP contribution >= 0.6 is 19.4 Å². The van der Waals surface area contributed by atoms with Crippen LogP contribution in [0.3, 0.4) is 0 Å². The highest BCUT2D eigenvalue weighted by molar-refractivity contribution is 7.71. The van der Waals surface area contributed by atoms with Crippen LogP contribution in [0.25, 0.3) is 0 Å². The van der Waals surface area contributed by atoms with E-state index in [-0.39, 0.29) is 22.2 Å². The van der Waals surface area contributed by atoms with Crippen molar-refractivity contribution in [3.63, 3.8) is 0 Å². The molecule has 1 unspecified atom stereocenters. The minimum atomic E-state index is -5.54. The average molecular weight is 518 g/mol. The summed E-state index contributed by atoms with van der Waals surface area (Å²) < 4.78 is 96.8. The Morgan fingerprint density at radius 1 is 0.824 bits per heavy atom. The zero-order chi connectivity index (χ0) is 25.4. The van der Waals surface area contributed by atoms with Gasteiger partial charge in [-0.1, -0.05) is 58.6 Å². The number of hydrogen-bond acceptors (Lipinski definition) is 3. The highest BCUT2D eigenvalue weighted by Gasteiger charge is 2.53. The Morgan fingerprint density at radius 2 is 1.44 bits per heavy atom. The molecule has 0 spiro atoms. The van der Waals surface area contributed by atoms with E-state index in [9.17, 15) is 40.5 Å². The van der Waals surface area contributed by atoms with Crippen LogP contribution in [-0.2, 0) is 16.9 Å². The zero-order valence-corrected chi connectivity index (χ0v) is 18.7. The van der Waals surface area contributed by atoms with E-state index in [0.29, 0.717) is 6.07 Å². The molecular formula is C23H13ClF6O3P+. The molecule has 0 saturated heterocycles. The van der Waals surface area contributed by atoms with E-state index in [0.717, 1.165) is 0 Å². The predicted molar refractivity (Wildman–Crippen MR) is 114 cm³/mol. The van der Waals surface area contributed by atoms with Crippen LogP contribution in [0.5, 0.6) is 0 Å². The summed E-state index contributed by atoms with van der Waals surface area (Å²) in [7, 11) is -3.99. The zero-order valence-electron chi connectivity index (χ0n) is 17.1. The van der Waals surface area contributed by atoms with Gasteiger partial charge in [0.1, 0.15) is 11.1 Å². The fraction of sp³-hybridized carbons (Fsp3) is 0.130. The summed E-state index contributed by atoms with van der Waals surface area (Å²) in [6.45, 7) is 1.34. The van der Waals surface area contributed by atoms with Gasteiger partial charge in [-0.05, 0) is 30.7 Å². The van der Waals surface area contributed by atoms with Crippen LogP contribution in [0.1, 0.15) is 43.0 Å². The number of rotatable bonds is 5. The third kappa shape index (κ3) is 4.91. The Hall–Kier alpha value is -3.03. The van der Waals surface area contributed by atoms with Gasteiger partial charge in [0, 0.05) is 11.1 Å². The van der Waals surface area contributed by atoms with E-state index in [1.165, 1.54) is 55.5 Å². The third-order valence-corrected chi connectivity index (χ3v) is 6.65.